The number of hydrogen-bond donors (Lipinski definition) is 1. The Kier molecular flexibility index (Phi) is 4.58. The zero-order chi connectivity index (χ0) is 15.6. The molecule has 1 unspecified atom stereocenters. The van der Waals surface area contributed by atoms with Gasteiger partial charge in [-0.15, -0.1) is 0 Å². The minimum absolute atomic E-state index is 0.0233. The molecule has 0 fully saturated rings. The second-order valence-corrected chi connectivity index (χ2v) is 5.23. The SMILES string of the molecule is Cc1ccc(F)c(C(O)c2cccc(OC(C)C)c2)c1F. The van der Waals surface area contributed by atoms with Crippen molar-refractivity contribution in [2.45, 2.75) is 33.0 Å². The number of hydrogen-bond acceptors (Lipinski definition) is 2. The van der Waals surface area contributed by atoms with Crippen LogP contribution in [0.3, 0.4) is 0 Å². The maximum absolute atomic E-state index is 14.1. The van der Waals surface area contributed by atoms with Gasteiger partial charge in [-0.05, 0) is 50.1 Å². The van der Waals surface area contributed by atoms with Gasteiger partial charge in [0.25, 0.3) is 0 Å². The van der Waals surface area contributed by atoms with Crippen molar-refractivity contribution in [1.82, 2.24) is 0 Å². The van der Waals surface area contributed by atoms with E-state index in [1.807, 2.05) is 13.8 Å². The molecule has 0 saturated heterocycles. The minimum atomic E-state index is -1.37. The summed E-state index contributed by atoms with van der Waals surface area (Å²) in [6, 6.07) is 9.12. The molecule has 112 valence electrons. The summed E-state index contributed by atoms with van der Waals surface area (Å²) in [4.78, 5) is 0. The Bertz CT molecular complexity index is 639. The molecular formula is C17H18F2O2. The average molecular weight is 292 g/mol. The molecule has 4 heteroatoms. The Morgan fingerprint density at radius 3 is 2.48 bits per heavy atom. The number of aliphatic hydroxyl groups excluding tert-OH is 1. The van der Waals surface area contributed by atoms with Crippen LogP contribution in [-0.2, 0) is 0 Å². The van der Waals surface area contributed by atoms with E-state index >= 15 is 0 Å². The number of rotatable bonds is 4. The standard InChI is InChI=1S/C17H18F2O2/c1-10(2)21-13-6-4-5-12(9-13)17(20)15-14(18)8-7-11(3)16(15)19/h4-10,17,20H,1-3H3. The van der Waals surface area contributed by atoms with Crippen LogP contribution in [0.1, 0.15) is 36.6 Å². The number of benzene rings is 2. The molecule has 0 aliphatic rings. The molecule has 0 aliphatic carbocycles. The van der Waals surface area contributed by atoms with Gasteiger partial charge in [0, 0.05) is 0 Å². The van der Waals surface area contributed by atoms with Gasteiger partial charge in [-0.1, -0.05) is 18.2 Å². The van der Waals surface area contributed by atoms with E-state index in [1.54, 1.807) is 24.3 Å². The second kappa shape index (κ2) is 6.22. The summed E-state index contributed by atoms with van der Waals surface area (Å²) in [5.74, 6) is -0.937. The molecule has 0 amide bonds. The van der Waals surface area contributed by atoms with Gasteiger partial charge in [-0.25, -0.2) is 8.78 Å². The summed E-state index contributed by atoms with van der Waals surface area (Å²) in [6.07, 6.45) is -1.40. The van der Waals surface area contributed by atoms with Gasteiger partial charge in [0.15, 0.2) is 0 Å². The van der Waals surface area contributed by atoms with Gasteiger partial charge < -0.3 is 9.84 Å². The van der Waals surface area contributed by atoms with E-state index in [9.17, 15) is 13.9 Å². The van der Waals surface area contributed by atoms with E-state index in [0.717, 1.165) is 6.07 Å². The molecule has 0 radical (unpaired) electrons. The van der Waals surface area contributed by atoms with Crippen LogP contribution in [0.4, 0.5) is 8.78 Å². The van der Waals surface area contributed by atoms with Crippen LogP contribution in [0.15, 0.2) is 36.4 Å². The van der Waals surface area contributed by atoms with Crippen molar-refractivity contribution < 1.29 is 18.6 Å². The monoisotopic (exact) mass is 292 g/mol. The molecule has 1 atom stereocenters. The molecule has 2 nitrogen and oxygen atoms in total. The lowest BCUT2D eigenvalue weighted by molar-refractivity contribution is 0.206. The summed E-state index contributed by atoms with van der Waals surface area (Å²) in [5, 5.41) is 10.3. The lowest BCUT2D eigenvalue weighted by atomic mass is 9.98. The minimum Gasteiger partial charge on any atom is -0.491 e. The van der Waals surface area contributed by atoms with Crippen molar-refractivity contribution >= 4 is 0 Å². The topological polar surface area (TPSA) is 29.5 Å². The summed E-state index contributed by atoms with van der Waals surface area (Å²) < 4.78 is 33.5. The zero-order valence-corrected chi connectivity index (χ0v) is 12.2. The summed E-state index contributed by atoms with van der Waals surface area (Å²) in [5.41, 5.74) is 0.341. The van der Waals surface area contributed by atoms with Crippen LogP contribution in [0.5, 0.6) is 5.75 Å². The van der Waals surface area contributed by atoms with Crippen molar-refractivity contribution in [2.24, 2.45) is 0 Å². The molecule has 0 heterocycles. The largest absolute Gasteiger partial charge is 0.491 e. The van der Waals surface area contributed by atoms with E-state index in [0.29, 0.717) is 16.9 Å². The summed E-state index contributed by atoms with van der Waals surface area (Å²) in [7, 11) is 0. The Morgan fingerprint density at radius 1 is 1.10 bits per heavy atom. The summed E-state index contributed by atoms with van der Waals surface area (Å²) in [6.45, 7) is 5.29. The maximum Gasteiger partial charge on any atom is 0.135 e. The molecule has 2 rings (SSSR count). The quantitative estimate of drug-likeness (QED) is 0.917. The smallest absolute Gasteiger partial charge is 0.135 e. The van der Waals surface area contributed by atoms with Crippen LogP contribution in [0.2, 0.25) is 0 Å². The normalized spacial score (nSPS) is 12.5. The third-order valence-electron chi connectivity index (χ3n) is 3.14. The predicted octanol–water partition coefficient (Wildman–Crippen LogP) is 4.14. The molecular weight excluding hydrogens is 274 g/mol. The first-order chi connectivity index (χ1) is 9.90. The Balaban J connectivity index is 2.41. The van der Waals surface area contributed by atoms with Crippen molar-refractivity contribution in [1.29, 1.82) is 0 Å². The Labute approximate surface area is 123 Å². The molecule has 0 aliphatic heterocycles. The molecule has 0 saturated carbocycles. The summed E-state index contributed by atoms with van der Waals surface area (Å²) >= 11 is 0. The Morgan fingerprint density at radius 2 is 1.81 bits per heavy atom. The van der Waals surface area contributed by atoms with E-state index in [4.69, 9.17) is 4.74 Å². The van der Waals surface area contributed by atoms with E-state index in [-0.39, 0.29) is 11.7 Å². The lowest BCUT2D eigenvalue weighted by Gasteiger charge is -2.16. The van der Waals surface area contributed by atoms with Gasteiger partial charge >= 0.3 is 0 Å². The van der Waals surface area contributed by atoms with E-state index in [1.165, 1.54) is 13.0 Å². The first-order valence-corrected chi connectivity index (χ1v) is 6.79. The fourth-order valence-corrected chi connectivity index (χ4v) is 2.13. The number of halogens is 2. The van der Waals surface area contributed by atoms with Gasteiger partial charge in [-0.2, -0.15) is 0 Å². The van der Waals surface area contributed by atoms with Crippen LogP contribution in [-0.4, -0.2) is 11.2 Å². The predicted molar refractivity (Wildman–Crippen MR) is 77.4 cm³/mol. The van der Waals surface area contributed by atoms with Gasteiger partial charge in [-0.3, -0.25) is 0 Å². The highest BCUT2D eigenvalue weighted by Crippen LogP contribution is 2.30. The fourth-order valence-electron chi connectivity index (χ4n) is 2.13. The number of ether oxygens (including phenoxy) is 1. The first kappa shape index (κ1) is 15.4. The van der Waals surface area contributed by atoms with Crippen LogP contribution in [0.25, 0.3) is 0 Å². The number of aliphatic hydroxyl groups is 1. The highest BCUT2D eigenvalue weighted by molar-refractivity contribution is 5.38. The van der Waals surface area contributed by atoms with Crippen molar-refractivity contribution in [3.8, 4) is 5.75 Å². The molecule has 2 aromatic rings. The lowest BCUT2D eigenvalue weighted by Crippen LogP contribution is -2.09. The maximum atomic E-state index is 14.1. The second-order valence-electron chi connectivity index (χ2n) is 5.23. The highest BCUT2D eigenvalue weighted by Gasteiger charge is 2.21. The van der Waals surface area contributed by atoms with Gasteiger partial charge in [0.1, 0.15) is 23.5 Å². The molecule has 1 N–H and O–H groups in total. The van der Waals surface area contributed by atoms with Gasteiger partial charge in [0.05, 0.1) is 11.7 Å². The molecule has 21 heavy (non-hydrogen) atoms. The van der Waals surface area contributed by atoms with Crippen molar-refractivity contribution in [3.05, 3.63) is 64.7 Å². The van der Waals surface area contributed by atoms with Crippen LogP contribution < -0.4 is 4.74 Å². The van der Waals surface area contributed by atoms with Gasteiger partial charge in [0.2, 0.25) is 0 Å². The average Bonchev–Trinajstić information content (AvgIpc) is 2.43. The third kappa shape index (κ3) is 3.39. The highest BCUT2D eigenvalue weighted by atomic mass is 19.1. The van der Waals surface area contributed by atoms with Crippen LogP contribution >= 0.6 is 0 Å². The molecule has 2 aromatic carbocycles. The van der Waals surface area contributed by atoms with E-state index < -0.39 is 17.7 Å². The van der Waals surface area contributed by atoms with Crippen molar-refractivity contribution in [2.75, 3.05) is 0 Å². The Hall–Kier alpha value is -1.94. The number of aryl methyl sites for hydroxylation is 1. The first-order valence-electron chi connectivity index (χ1n) is 6.79. The zero-order valence-electron chi connectivity index (χ0n) is 12.2. The fraction of sp³-hybridized carbons (Fsp3) is 0.294. The van der Waals surface area contributed by atoms with Crippen molar-refractivity contribution in [3.63, 3.8) is 0 Å². The van der Waals surface area contributed by atoms with Crippen LogP contribution in [0, 0.1) is 18.6 Å². The molecule has 0 spiro atoms. The molecule has 0 bridgehead atoms. The molecule has 0 aromatic heterocycles. The third-order valence-corrected chi connectivity index (χ3v) is 3.14. The van der Waals surface area contributed by atoms with E-state index in [2.05, 4.69) is 0 Å².